The van der Waals surface area contributed by atoms with Crippen molar-refractivity contribution in [1.29, 1.82) is 0 Å². The van der Waals surface area contributed by atoms with Crippen molar-refractivity contribution < 1.29 is 0 Å². The minimum Gasteiger partial charge on any atom is -0.339 e. The minimum atomic E-state index is -0.192. The van der Waals surface area contributed by atoms with Crippen molar-refractivity contribution in [2.45, 2.75) is 20.4 Å². The largest absolute Gasteiger partial charge is 0.339 e. The Morgan fingerprint density at radius 1 is 1.15 bits per heavy atom. The third-order valence-electron chi connectivity index (χ3n) is 4.84. The predicted octanol–water partition coefficient (Wildman–Crippen LogP) is 2.76. The van der Waals surface area contributed by atoms with Crippen molar-refractivity contribution in [3.63, 3.8) is 0 Å². The molecule has 0 radical (unpaired) electrons. The van der Waals surface area contributed by atoms with Gasteiger partial charge >= 0.3 is 0 Å². The number of nitrogens with one attached hydrogen (secondary N) is 2. The number of fused-ring (bicyclic) bond motifs is 2. The molecule has 0 aliphatic heterocycles. The van der Waals surface area contributed by atoms with Crippen LogP contribution in [0.4, 0.5) is 0 Å². The molecule has 1 aromatic carbocycles. The molecule has 0 aliphatic rings. The van der Waals surface area contributed by atoms with Crippen molar-refractivity contribution in [2.24, 2.45) is 0 Å². The summed E-state index contributed by atoms with van der Waals surface area (Å²) in [5.74, 6) is 0. The first-order valence-corrected chi connectivity index (χ1v) is 8.73. The van der Waals surface area contributed by atoms with Crippen LogP contribution in [0.3, 0.4) is 0 Å². The number of aryl methyl sites for hydroxylation is 2. The fraction of sp³-hybridized carbons (Fsp3) is 0.158. The lowest BCUT2D eigenvalue weighted by atomic mass is 10.1. The van der Waals surface area contributed by atoms with Gasteiger partial charge in [-0.1, -0.05) is 6.07 Å². The van der Waals surface area contributed by atoms with E-state index in [1.165, 1.54) is 4.52 Å². The Morgan fingerprint density at radius 3 is 2.81 bits per heavy atom. The van der Waals surface area contributed by atoms with Gasteiger partial charge in [0.2, 0.25) is 0 Å². The van der Waals surface area contributed by atoms with Crippen molar-refractivity contribution in [2.75, 3.05) is 0 Å². The van der Waals surface area contributed by atoms with Crippen LogP contribution in [0.2, 0.25) is 0 Å². The fourth-order valence-corrected chi connectivity index (χ4v) is 3.44. The van der Waals surface area contributed by atoms with Crippen molar-refractivity contribution in [3.8, 4) is 22.5 Å². The number of hydrogen-bond donors (Lipinski definition) is 2. The molecule has 0 unspecified atom stereocenters. The lowest BCUT2D eigenvalue weighted by Crippen LogP contribution is -2.14. The van der Waals surface area contributed by atoms with Gasteiger partial charge in [-0.05, 0) is 37.1 Å². The average molecular weight is 359 g/mol. The molecule has 5 aromatic rings. The van der Waals surface area contributed by atoms with Gasteiger partial charge in [-0.3, -0.25) is 14.6 Å². The van der Waals surface area contributed by atoms with E-state index in [0.29, 0.717) is 5.65 Å². The second-order valence-corrected chi connectivity index (χ2v) is 6.49. The molecule has 27 heavy (non-hydrogen) atoms. The number of benzene rings is 1. The highest BCUT2D eigenvalue weighted by molar-refractivity contribution is 5.85. The molecule has 5 rings (SSSR count). The van der Waals surface area contributed by atoms with Crippen molar-refractivity contribution in [1.82, 2.24) is 34.6 Å². The summed E-state index contributed by atoms with van der Waals surface area (Å²) in [6, 6.07) is 7.62. The Bertz CT molecular complexity index is 1350. The van der Waals surface area contributed by atoms with E-state index in [-0.39, 0.29) is 5.56 Å². The Balaban J connectivity index is 1.72. The molecule has 0 spiro atoms. The highest BCUT2D eigenvalue weighted by atomic mass is 16.1. The normalized spacial score (nSPS) is 11.6. The van der Waals surface area contributed by atoms with Crippen LogP contribution in [0.25, 0.3) is 39.1 Å². The Morgan fingerprint density at radius 2 is 2.04 bits per heavy atom. The van der Waals surface area contributed by atoms with Gasteiger partial charge in [0.25, 0.3) is 5.56 Å². The second-order valence-electron chi connectivity index (χ2n) is 6.49. The van der Waals surface area contributed by atoms with Crippen molar-refractivity contribution in [3.05, 3.63) is 58.8 Å². The summed E-state index contributed by atoms with van der Waals surface area (Å²) in [7, 11) is 0. The topological polar surface area (TPSA) is 96.7 Å². The molecule has 0 saturated heterocycles. The summed E-state index contributed by atoms with van der Waals surface area (Å²) in [6.45, 7) is 4.83. The van der Waals surface area contributed by atoms with Crippen LogP contribution in [0.1, 0.15) is 12.5 Å². The van der Waals surface area contributed by atoms with Crippen LogP contribution in [-0.4, -0.2) is 34.6 Å². The zero-order chi connectivity index (χ0) is 18.5. The van der Waals surface area contributed by atoms with E-state index >= 15 is 0 Å². The number of rotatable bonds is 3. The summed E-state index contributed by atoms with van der Waals surface area (Å²) < 4.78 is 3.31. The number of aromatic amines is 2. The van der Waals surface area contributed by atoms with Gasteiger partial charge in [-0.2, -0.15) is 19.8 Å². The first-order valence-electron chi connectivity index (χ1n) is 8.73. The van der Waals surface area contributed by atoms with E-state index in [2.05, 4.69) is 32.3 Å². The zero-order valence-corrected chi connectivity index (χ0v) is 14.9. The van der Waals surface area contributed by atoms with Crippen LogP contribution in [0.15, 0.2) is 47.7 Å². The maximum atomic E-state index is 12.6. The van der Waals surface area contributed by atoms with Gasteiger partial charge in [-0.15, -0.1) is 0 Å². The van der Waals surface area contributed by atoms with Crippen LogP contribution in [-0.2, 0) is 6.54 Å². The van der Waals surface area contributed by atoms with E-state index < -0.39 is 0 Å². The maximum Gasteiger partial charge on any atom is 0.274 e. The van der Waals surface area contributed by atoms with Crippen LogP contribution in [0.5, 0.6) is 0 Å². The molecule has 0 amide bonds. The highest BCUT2D eigenvalue weighted by Crippen LogP contribution is 2.26. The highest BCUT2D eigenvalue weighted by Gasteiger charge is 2.15. The smallest absolute Gasteiger partial charge is 0.274 e. The predicted molar refractivity (Wildman–Crippen MR) is 103 cm³/mol. The van der Waals surface area contributed by atoms with E-state index in [1.54, 1.807) is 12.3 Å². The molecular weight excluding hydrogens is 342 g/mol. The monoisotopic (exact) mass is 359 g/mol. The number of hydrogen-bond acceptors (Lipinski definition) is 4. The first-order chi connectivity index (χ1) is 13.2. The van der Waals surface area contributed by atoms with Crippen LogP contribution in [0, 0.1) is 6.92 Å². The molecule has 8 nitrogen and oxygen atoms in total. The van der Waals surface area contributed by atoms with Gasteiger partial charge in [0, 0.05) is 24.2 Å². The second kappa shape index (κ2) is 5.66. The van der Waals surface area contributed by atoms with E-state index in [4.69, 9.17) is 0 Å². The molecule has 8 heteroatoms. The van der Waals surface area contributed by atoms with Gasteiger partial charge in [0.05, 0.1) is 29.2 Å². The molecule has 0 atom stereocenters. The molecule has 0 bridgehead atoms. The molecule has 0 aliphatic carbocycles. The maximum absolute atomic E-state index is 12.6. The van der Waals surface area contributed by atoms with Gasteiger partial charge < -0.3 is 4.98 Å². The SMILES string of the molecule is CCn1ncc2cc(-c3cc(=O)n4ncc(-c5n[nH]cc5C)c4[nH]3)ccc21. The van der Waals surface area contributed by atoms with Gasteiger partial charge in [0.1, 0.15) is 11.3 Å². The van der Waals surface area contributed by atoms with Crippen LogP contribution < -0.4 is 5.56 Å². The zero-order valence-electron chi connectivity index (χ0n) is 14.9. The molecular formula is C19H17N7O. The summed E-state index contributed by atoms with van der Waals surface area (Å²) in [6.07, 6.45) is 5.32. The summed E-state index contributed by atoms with van der Waals surface area (Å²) in [5.41, 5.74) is 5.70. The summed E-state index contributed by atoms with van der Waals surface area (Å²) >= 11 is 0. The number of aromatic nitrogens is 7. The Labute approximate surface area is 153 Å². The van der Waals surface area contributed by atoms with E-state index in [9.17, 15) is 4.79 Å². The van der Waals surface area contributed by atoms with E-state index in [1.807, 2.05) is 42.2 Å². The molecule has 0 fully saturated rings. The fourth-order valence-electron chi connectivity index (χ4n) is 3.44. The molecule has 0 saturated carbocycles. The Kier molecular flexibility index (Phi) is 3.27. The van der Waals surface area contributed by atoms with Gasteiger partial charge in [-0.25, -0.2) is 0 Å². The molecule has 4 aromatic heterocycles. The van der Waals surface area contributed by atoms with Gasteiger partial charge in [0.15, 0.2) is 0 Å². The number of nitrogens with zero attached hydrogens (tertiary/aromatic N) is 5. The molecule has 4 heterocycles. The van der Waals surface area contributed by atoms with Crippen LogP contribution >= 0.6 is 0 Å². The molecule has 134 valence electrons. The molecule has 2 N–H and O–H groups in total. The third-order valence-corrected chi connectivity index (χ3v) is 4.84. The first kappa shape index (κ1) is 15.6. The minimum absolute atomic E-state index is 0.192. The standard InChI is InChI=1S/C19H17N7O/c1-3-25-16-5-4-12(6-13(16)9-21-25)15-7-17(27)26-19(23-15)14(10-22-26)18-11(2)8-20-24-18/h4-10,23H,3H2,1-2H3,(H,20,24). The van der Waals surface area contributed by atoms with Crippen molar-refractivity contribution >= 4 is 16.6 Å². The third kappa shape index (κ3) is 2.30. The summed E-state index contributed by atoms with van der Waals surface area (Å²) in [4.78, 5) is 15.9. The van der Waals surface area contributed by atoms with E-state index in [0.717, 1.165) is 45.5 Å². The quantitative estimate of drug-likeness (QED) is 0.518. The lowest BCUT2D eigenvalue weighted by Gasteiger charge is -2.05. The lowest BCUT2D eigenvalue weighted by molar-refractivity contribution is 0.684. The Hall–Kier alpha value is -3.68. The average Bonchev–Trinajstić information content (AvgIpc) is 3.38. The number of H-pyrrole nitrogens is 2. The summed E-state index contributed by atoms with van der Waals surface area (Å²) in [5, 5.41) is 16.8.